The van der Waals surface area contributed by atoms with Crippen molar-refractivity contribution in [3.63, 3.8) is 0 Å². The van der Waals surface area contributed by atoms with E-state index >= 15 is 0 Å². The largest absolute Gasteiger partial charge is 0.349 e. The molecule has 3 rings (SSSR count). The van der Waals surface area contributed by atoms with Gasteiger partial charge in [-0.25, -0.2) is 4.98 Å². The maximum Gasteiger partial charge on any atom is 0.237 e. The Balaban J connectivity index is 1.57. The molecule has 0 bridgehead atoms. The molecule has 1 aliphatic heterocycles. The standard InChI is InChI=1S/C11H14N6O/c18-11(13-4-7-1-2-16-17-7)9-3-8-10(5-12-9)15-6-14-8/h1-2,6,9,12H,3-5H2,(H,13,18)(H,14,15)(H,16,17). The fourth-order valence-corrected chi connectivity index (χ4v) is 2.04. The fraction of sp³-hybridized carbons (Fsp3) is 0.364. The highest BCUT2D eigenvalue weighted by atomic mass is 16.2. The summed E-state index contributed by atoms with van der Waals surface area (Å²) in [5.41, 5.74) is 2.92. The van der Waals surface area contributed by atoms with Gasteiger partial charge in [0.15, 0.2) is 0 Å². The van der Waals surface area contributed by atoms with Crippen LogP contribution in [0.3, 0.4) is 0 Å². The highest BCUT2D eigenvalue weighted by Crippen LogP contribution is 2.12. The van der Waals surface area contributed by atoms with E-state index < -0.39 is 0 Å². The van der Waals surface area contributed by atoms with Crippen LogP contribution < -0.4 is 10.6 Å². The number of imidazole rings is 1. The molecule has 1 amide bonds. The number of nitrogens with one attached hydrogen (secondary N) is 4. The number of fused-ring (bicyclic) bond motifs is 1. The van der Waals surface area contributed by atoms with Gasteiger partial charge in [-0.15, -0.1) is 0 Å². The zero-order valence-corrected chi connectivity index (χ0v) is 9.73. The van der Waals surface area contributed by atoms with Crippen molar-refractivity contribution in [3.05, 3.63) is 35.7 Å². The number of rotatable bonds is 3. The molecule has 0 saturated heterocycles. The average molecular weight is 246 g/mol. The molecule has 0 radical (unpaired) electrons. The average Bonchev–Trinajstić information content (AvgIpc) is 3.05. The van der Waals surface area contributed by atoms with Gasteiger partial charge in [0.1, 0.15) is 0 Å². The summed E-state index contributed by atoms with van der Waals surface area (Å²) in [7, 11) is 0. The molecule has 0 aromatic carbocycles. The van der Waals surface area contributed by atoms with Gasteiger partial charge in [-0.05, 0) is 6.07 Å². The summed E-state index contributed by atoms with van der Waals surface area (Å²) >= 11 is 0. The number of carbonyl (C=O) groups is 1. The van der Waals surface area contributed by atoms with Gasteiger partial charge in [-0.3, -0.25) is 15.2 Å². The molecule has 1 aliphatic rings. The Labute approximate surface area is 103 Å². The number of hydrogen-bond donors (Lipinski definition) is 4. The molecule has 7 nitrogen and oxygen atoms in total. The third-order valence-electron chi connectivity index (χ3n) is 3.06. The van der Waals surface area contributed by atoms with E-state index in [1.54, 1.807) is 12.5 Å². The summed E-state index contributed by atoms with van der Waals surface area (Å²) in [6, 6.07) is 1.61. The normalized spacial score (nSPS) is 18.3. The number of carbonyl (C=O) groups excluding carboxylic acids is 1. The molecule has 0 fully saturated rings. The Bertz CT molecular complexity index is 531. The summed E-state index contributed by atoms with van der Waals surface area (Å²) in [5.74, 6) is -0.0155. The lowest BCUT2D eigenvalue weighted by molar-refractivity contribution is -0.123. The minimum Gasteiger partial charge on any atom is -0.349 e. The van der Waals surface area contributed by atoms with E-state index in [4.69, 9.17) is 0 Å². The van der Waals surface area contributed by atoms with Gasteiger partial charge in [0, 0.05) is 19.2 Å². The van der Waals surface area contributed by atoms with Crippen LogP contribution in [0.4, 0.5) is 0 Å². The van der Waals surface area contributed by atoms with Gasteiger partial charge < -0.3 is 10.3 Å². The molecule has 0 spiro atoms. The third kappa shape index (κ3) is 2.12. The highest BCUT2D eigenvalue weighted by molar-refractivity contribution is 5.82. The summed E-state index contributed by atoms with van der Waals surface area (Å²) in [6.45, 7) is 1.11. The van der Waals surface area contributed by atoms with Crippen molar-refractivity contribution in [3.8, 4) is 0 Å². The quantitative estimate of drug-likeness (QED) is 0.584. The first-order valence-electron chi connectivity index (χ1n) is 5.83. The van der Waals surface area contributed by atoms with Gasteiger partial charge in [0.2, 0.25) is 5.91 Å². The first kappa shape index (κ1) is 11.0. The summed E-state index contributed by atoms with van der Waals surface area (Å²) in [6.07, 6.45) is 3.95. The van der Waals surface area contributed by atoms with Crippen molar-refractivity contribution < 1.29 is 4.79 Å². The molecule has 18 heavy (non-hydrogen) atoms. The van der Waals surface area contributed by atoms with E-state index in [0.29, 0.717) is 19.5 Å². The third-order valence-corrected chi connectivity index (χ3v) is 3.06. The molecule has 2 aromatic heterocycles. The second kappa shape index (κ2) is 4.61. The number of amides is 1. The zero-order chi connectivity index (χ0) is 12.4. The van der Waals surface area contributed by atoms with Gasteiger partial charge in [-0.2, -0.15) is 5.10 Å². The van der Waals surface area contributed by atoms with Crippen molar-refractivity contribution in [1.29, 1.82) is 0 Å². The molecule has 2 aromatic rings. The number of nitrogens with zero attached hydrogens (tertiary/aromatic N) is 2. The monoisotopic (exact) mass is 246 g/mol. The predicted octanol–water partition coefficient (Wildman–Crippen LogP) is -0.537. The van der Waals surface area contributed by atoms with E-state index in [2.05, 4.69) is 30.8 Å². The Kier molecular flexibility index (Phi) is 2.81. The Morgan fingerprint density at radius 3 is 3.33 bits per heavy atom. The van der Waals surface area contributed by atoms with Crippen molar-refractivity contribution in [2.75, 3.05) is 0 Å². The second-order valence-corrected chi connectivity index (χ2v) is 4.27. The lowest BCUT2D eigenvalue weighted by Gasteiger charge is -2.22. The maximum atomic E-state index is 12.0. The Hall–Kier alpha value is -2.15. The molecular formula is C11H14N6O. The molecular weight excluding hydrogens is 232 g/mol. The molecule has 4 N–H and O–H groups in total. The van der Waals surface area contributed by atoms with Crippen molar-refractivity contribution in [2.45, 2.75) is 25.6 Å². The van der Waals surface area contributed by atoms with E-state index in [9.17, 15) is 4.79 Å². The lowest BCUT2D eigenvalue weighted by atomic mass is 10.0. The van der Waals surface area contributed by atoms with Gasteiger partial charge in [-0.1, -0.05) is 0 Å². The van der Waals surface area contributed by atoms with Gasteiger partial charge in [0.25, 0.3) is 0 Å². The number of hydrogen-bond acceptors (Lipinski definition) is 4. The minimum atomic E-state index is -0.219. The molecule has 1 atom stereocenters. The second-order valence-electron chi connectivity index (χ2n) is 4.27. The number of aromatic nitrogens is 4. The van der Waals surface area contributed by atoms with Crippen LogP contribution in [0.5, 0.6) is 0 Å². The topological polar surface area (TPSA) is 98.5 Å². The molecule has 7 heteroatoms. The first-order valence-corrected chi connectivity index (χ1v) is 5.83. The minimum absolute atomic E-state index is 0.0155. The molecule has 3 heterocycles. The maximum absolute atomic E-state index is 12.0. The predicted molar refractivity (Wildman–Crippen MR) is 63.4 cm³/mol. The highest BCUT2D eigenvalue weighted by Gasteiger charge is 2.25. The SMILES string of the molecule is O=C(NCc1ccn[nH]1)C1Cc2nc[nH]c2CN1. The molecule has 0 aliphatic carbocycles. The van der Waals surface area contributed by atoms with Crippen molar-refractivity contribution in [2.24, 2.45) is 0 Å². The summed E-state index contributed by atoms with van der Waals surface area (Å²) < 4.78 is 0. The zero-order valence-electron chi connectivity index (χ0n) is 9.73. The van der Waals surface area contributed by atoms with Crippen LogP contribution >= 0.6 is 0 Å². The van der Waals surface area contributed by atoms with Crippen LogP contribution in [-0.4, -0.2) is 32.1 Å². The van der Waals surface area contributed by atoms with E-state index in [0.717, 1.165) is 17.1 Å². The lowest BCUT2D eigenvalue weighted by Crippen LogP contribution is -2.47. The molecule has 94 valence electrons. The van der Waals surface area contributed by atoms with Gasteiger partial charge >= 0.3 is 0 Å². The Morgan fingerprint density at radius 1 is 1.56 bits per heavy atom. The molecule has 0 saturated carbocycles. The van der Waals surface area contributed by atoms with Crippen LogP contribution in [0.15, 0.2) is 18.6 Å². The van der Waals surface area contributed by atoms with Crippen LogP contribution in [0.1, 0.15) is 17.1 Å². The smallest absolute Gasteiger partial charge is 0.237 e. The number of aromatic amines is 2. The Morgan fingerprint density at radius 2 is 2.50 bits per heavy atom. The van der Waals surface area contributed by atoms with E-state index in [1.165, 1.54) is 0 Å². The van der Waals surface area contributed by atoms with Crippen LogP contribution in [0.2, 0.25) is 0 Å². The van der Waals surface area contributed by atoms with E-state index in [1.807, 2.05) is 6.07 Å². The first-order chi connectivity index (χ1) is 8.83. The number of H-pyrrole nitrogens is 2. The molecule has 1 unspecified atom stereocenters. The van der Waals surface area contributed by atoms with Crippen LogP contribution in [-0.2, 0) is 24.3 Å². The van der Waals surface area contributed by atoms with Gasteiger partial charge in [0.05, 0.1) is 36.0 Å². The van der Waals surface area contributed by atoms with Crippen LogP contribution in [0.25, 0.3) is 0 Å². The fourth-order valence-electron chi connectivity index (χ4n) is 2.04. The van der Waals surface area contributed by atoms with Crippen LogP contribution in [0, 0.1) is 0 Å². The van der Waals surface area contributed by atoms with Crippen molar-refractivity contribution in [1.82, 2.24) is 30.8 Å². The summed E-state index contributed by atoms with van der Waals surface area (Å²) in [4.78, 5) is 19.2. The van der Waals surface area contributed by atoms with E-state index in [-0.39, 0.29) is 11.9 Å². The summed E-state index contributed by atoms with van der Waals surface area (Å²) in [5, 5.41) is 12.7. The van der Waals surface area contributed by atoms with Crippen molar-refractivity contribution >= 4 is 5.91 Å².